The number of nitrogens with one attached hydrogen (secondary N) is 1. The fourth-order valence-corrected chi connectivity index (χ4v) is 10.4. The summed E-state index contributed by atoms with van der Waals surface area (Å²) in [5.41, 5.74) is 14.7. The minimum absolute atomic E-state index is 0.0529. The minimum atomic E-state index is 0.0529. The molecule has 0 radical (unpaired) electrons. The third-order valence-electron chi connectivity index (χ3n) is 11.7. The van der Waals surface area contributed by atoms with Crippen LogP contribution in [0.4, 0.5) is 5.69 Å². The Hall–Kier alpha value is -7.34. The number of para-hydroxylation sites is 3. The second kappa shape index (κ2) is 13.1. The number of rotatable bonds is 5. The number of benzene rings is 8. The number of aromatic nitrogens is 3. The van der Waals surface area contributed by atoms with E-state index in [9.17, 15) is 0 Å². The van der Waals surface area contributed by atoms with Gasteiger partial charge in [-0.05, 0) is 53.6 Å². The zero-order valence-electron chi connectivity index (χ0n) is 31.3. The summed E-state index contributed by atoms with van der Waals surface area (Å²) >= 11 is 1.87. The van der Waals surface area contributed by atoms with E-state index in [0.717, 1.165) is 39.5 Å². The van der Waals surface area contributed by atoms with E-state index >= 15 is 0 Å². The molecule has 4 nitrogen and oxygen atoms in total. The van der Waals surface area contributed by atoms with Gasteiger partial charge in [-0.1, -0.05) is 152 Å². The molecule has 1 N–H and O–H groups in total. The van der Waals surface area contributed by atoms with Gasteiger partial charge in [0.15, 0.2) is 5.82 Å². The standard InChI is InChI=1S/C53H34N4S/c1-4-15-33(16-5-1)50-42-29-28-39-38-23-14-24-41(51(38)58-52(39)49(42)40-22-10-12-25-44(40)54-50)46-32-45(55-53(56-46)34-17-6-2-7-18-34)35-27-30-48-43(31-35)37-21-11-13-26-47(37)57(48)36-19-8-3-9-20-36/h1-32,50,54H. The zero-order chi connectivity index (χ0) is 38.2. The highest BCUT2D eigenvalue weighted by atomic mass is 32.1. The van der Waals surface area contributed by atoms with Crippen LogP contribution in [0.3, 0.4) is 0 Å². The largest absolute Gasteiger partial charge is 0.374 e. The summed E-state index contributed by atoms with van der Waals surface area (Å²) in [5.74, 6) is 0.709. The van der Waals surface area contributed by atoms with Crippen LogP contribution < -0.4 is 5.32 Å². The Morgan fingerprint density at radius 3 is 2.00 bits per heavy atom. The molecule has 58 heavy (non-hydrogen) atoms. The van der Waals surface area contributed by atoms with Gasteiger partial charge in [-0.3, -0.25) is 0 Å². The molecule has 0 aliphatic carbocycles. The molecule has 1 aliphatic heterocycles. The van der Waals surface area contributed by atoms with Gasteiger partial charge >= 0.3 is 0 Å². The first-order chi connectivity index (χ1) is 28.8. The molecule has 1 aliphatic rings. The lowest BCUT2D eigenvalue weighted by molar-refractivity contribution is 0.933. The first-order valence-corrected chi connectivity index (χ1v) is 20.5. The van der Waals surface area contributed by atoms with E-state index < -0.39 is 0 Å². The zero-order valence-corrected chi connectivity index (χ0v) is 32.1. The Labute approximate surface area is 339 Å². The molecule has 3 aromatic heterocycles. The molecule has 0 amide bonds. The van der Waals surface area contributed by atoms with Crippen molar-refractivity contribution in [2.24, 2.45) is 0 Å². The van der Waals surface area contributed by atoms with Crippen molar-refractivity contribution < 1.29 is 0 Å². The van der Waals surface area contributed by atoms with Crippen LogP contribution in [0.1, 0.15) is 17.2 Å². The second-order valence-corrected chi connectivity index (χ2v) is 16.0. The molecule has 0 saturated carbocycles. The number of fused-ring (bicyclic) bond motifs is 10. The summed E-state index contributed by atoms with van der Waals surface area (Å²) in [5, 5.41) is 8.78. The Morgan fingerprint density at radius 1 is 0.466 bits per heavy atom. The Bertz CT molecular complexity index is 3370. The quantitative estimate of drug-likeness (QED) is 0.190. The van der Waals surface area contributed by atoms with Crippen molar-refractivity contribution in [3.8, 4) is 50.7 Å². The molecule has 1 unspecified atom stereocenters. The van der Waals surface area contributed by atoms with Crippen LogP contribution in [-0.4, -0.2) is 14.5 Å². The van der Waals surface area contributed by atoms with Gasteiger partial charge in [-0.2, -0.15) is 0 Å². The van der Waals surface area contributed by atoms with E-state index in [1.165, 1.54) is 64.2 Å². The van der Waals surface area contributed by atoms with Crippen molar-refractivity contribution in [2.45, 2.75) is 6.04 Å². The second-order valence-electron chi connectivity index (χ2n) is 15.0. The van der Waals surface area contributed by atoms with Crippen molar-refractivity contribution in [3.05, 3.63) is 205 Å². The molecular formula is C53H34N4S. The number of hydrogen-bond donors (Lipinski definition) is 1. The lowest BCUT2D eigenvalue weighted by Gasteiger charge is -2.30. The smallest absolute Gasteiger partial charge is 0.160 e. The van der Waals surface area contributed by atoms with E-state index in [-0.39, 0.29) is 6.04 Å². The van der Waals surface area contributed by atoms with Gasteiger partial charge in [-0.25, -0.2) is 9.97 Å². The van der Waals surface area contributed by atoms with Crippen LogP contribution in [0.15, 0.2) is 194 Å². The molecule has 5 heteroatoms. The SMILES string of the molecule is c1ccc(-c2nc(-c3ccc4c(c3)c3ccccc3n4-c3ccccc3)cc(-c3cccc4c3sc3c5c(ccc34)C(c3ccccc3)Nc3ccccc3-5)n2)cc1. The van der Waals surface area contributed by atoms with Crippen LogP contribution in [0.2, 0.25) is 0 Å². The average Bonchev–Trinajstić information content (AvgIpc) is 3.85. The van der Waals surface area contributed by atoms with Crippen molar-refractivity contribution in [1.29, 1.82) is 0 Å². The summed E-state index contributed by atoms with van der Waals surface area (Å²) in [6, 6.07) is 69.5. The highest BCUT2D eigenvalue weighted by Crippen LogP contribution is 2.51. The summed E-state index contributed by atoms with van der Waals surface area (Å²) in [7, 11) is 0. The summed E-state index contributed by atoms with van der Waals surface area (Å²) in [6.45, 7) is 0. The summed E-state index contributed by atoms with van der Waals surface area (Å²) in [4.78, 5) is 10.6. The van der Waals surface area contributed by atoms with Crippen LogP contribution in [-0.2, 0) is 0 Å². The first-order valence-electron chi connectivity index (χ1n) is 19.7. The van der Waals surface area contributed by atoms with E-state index in [4.69, 9.17) is 9.97 Å². The fourth-order valence-electron chi connectivity index (χ4n) is 9.00. The van der Waals surface area contributed by atoms with Gasteiger partial charge in [-0.15, -0.1) is 11.3 Å². The van der Waals surface area contributed by atoms with Crippen LogP contribution in [0.5, 0.6) is 0 Å². The molecule has 0 bridgehead atoms. The molecule has 11 aromatic rings. The molecule has 0 saturated heterocycles. The van der Waals surface area contributed by atoms with Gasteiger partial charge in [0.25, 0.3) is 0 Å². The van der Waals surface area contributed by atoms with Crippen molar-refractivity contribution >= 4 is 59.0 Å². The molecule has 4 heterocycles. The highest BCUT2D eigenvalue weighted by molar-refractivity contribution is 7.27. The Kier molecular flexibility index (Phi) is 7.43. The predicted octanol–water partition coefficient (Wildman–Crippen LogP) is 14.1. The summed E-state index contributed by atoms with van der Waals surface area (Å²) in [6.07, 6.45) is 0. The first kappa shape index (κ1) is 32.9. The maximum absolute atomic E-state index is 5.33. The number of hydrogen-bond acceptors (Lipinski definition) is 4. The van der Waals surface area contributed by atoms with Crippen molar-refractivity contribution in [1.82, 2.24) is 14.5 Å². The molecule has 272 valence electrons. The van der Waals surface area contributed by atoms with E-state index in [0.29, 0.717) is 5.82 Å². The fraction of sp³-hybridized carbons (Fsp3) is 0.0189. The molecule has 1 atom stereocenters. The monoisotopic (exact) mass is 758 g/mol. The number of anilines is 1. The van der Waals surface area contributed by atoms with E-state index in [1.807, 2.05) is 17.4 Å². The number of thiophene rings is 1. The molecular weight excluding hydrogens is 725 g/mol. The third-order valence-corrected chi connectivity index (χ3v) is 12.9. The van der Waals surface area contributed by atoms with Gasteiger partial charge in [0.1, 0.15) is 0 Å². The van der Waals surface area contributed by atoms with Gasteiger partial charge in [0.2, 0.25) is 0 Å². The highest BCUT2D eigenvalue weighted by Gasteiger charge is 2.28. The maximum Gasteiger partial charge on any atom is 0.160 e. The molecule has 0 spiro atoms. The van der Waals surface area contributed by atoms with Crippen LogP contribution in [0, 0.1) is 0 Å². The number of nitrogens with zero attached hydrogens (tertiary/aromatic N) is 3. The minimum Gasteiger partial charge on any atom is -0.374 e. The van der Waals surface area contributed by atoms with Crippen molar-refractivity contribution in [3.63, 3.8) is 0 Å². The van der Waals surface area contributed by atoms with Gasteiger partial charge in [0, 0.05) is 70.1 Å². The van der Waals surface area contributed by atoms with Crippen LogP contribution >= 0.6 is 11.3 Å². The average molecular weight is 759 g/mol. The molecule has 12 rings (SSSR count). The molecule has 0 fully saturated rings. The normalized spacial score (nSPS) is 13.5. The predicted molar refractivity (Wildman–Crippen MR) is 243 cm³/mol. The molecule has 8 aromatic carbocycles. The Balaban J connectivity index is 1.07. The topological polar surface area (TPSA) is 42.7 Å². The van der Waals surface area contributed by atoms with E-state index in [1.54, 1.807) is 0 Å². The lowest BCUT2D eigenvalue weighted by Crippen LogP contribution is -2.18. The lowest BCUT2D eigenvalue weighted by atomic mass is 9.85. The summed E-state index contributed by atoms with van der Waals surface area (Å²) < 4.78 is 4.88. The van der Waals surface area contributed by atoms with Crippen LogP contribution in [0.25, 0.3) is 92.7 Å². The van der Waals surface area contributed by atoms with Gasteiger partial charge < -0.3 is 9.88 Å². The maximum atomic E-state index is 5.33. The van der Waals surface area contributed by atoms with E-state index in [2.05, 4.69) is 198 Å². The third kappa shape index (κ3) is 5.14. The Morgan fingerprint density at radius 2 is 1.14 bits per heavy atom. The van der Waals surface area contributed by atoms with Gasteiger partial charge in [0.05, 0.1) is 28.5 Å². The van der Waals surface area contributed by atoms with Crippen molar-refractivity contribution in [2.75, 3.05) is 5.32 Å².